The second kappa shape index (κ2) is 14.6. The van der Waals surface area contributed by atoms with Gasteiger partial charge in [-0.1, -0.05) is 75.4 Å². The van der Waals surface area contributed by atoms with Gasteiger partial charge in [-0.15, -0.1) is 0 Å². The molecule has 0 aliphatic carbocycles. The molecule has 3 aromatic rings. The largest absolute Gasteiger partial charge is 0.527 e. The molecule has 2 N–H and O–H groups in total. The van der Waals surface area contributed by atoms with E-state index in [4.69, 9.17) is 13.8 Å². The Morgan fingerprint density at radius 1 is 0.838 bits per heavy atom. The lowest BCUT2D eigenvalue weighted by Gasteiger charge is -2.15. The quantitative estimate of drug-likeness (QED) is 0.155. The zero-order valence-corrected chi connectivity index (χ0v) is 22.4. The first kappa shape index (κ1) is 28.5. The van der Waals surface area contributed by atoms with Crippen LogP contribution in [-0.4, -0.2) is 24.0 Å². The smallest absolute Gasteiger partial charge is 0.494 e. The van der Waals surface area contributed by atoms with E-state index in [0.29, 0.717) is 5.56 Å². The van der Waals surface area contributed by atoms with E-state index >= 15 is 0 Å². The maximum absolute atomic E-state index is 12.8. The molecule has 1 unspecified atom stereocenters. The molecule has 1 atom stereocenters. The molecule has 0 saturated heterocycles. The predicted octanol–water partition coefficient (Wildman–Crippen LogP) is 7.86. The summed E-state index contributed by atoms with van der Waals surface area (Å²) in [5, 5.41) is 2.73. The number of amides is 1. The van der Waals surface area contributed by atoms with E-state index in [1.165, 1.54) is 38.2 Å². The highest BCUT2D eigenvalue weighted by atomic mass is 31.2. The molecule has 3 rings (SSSR count). The Balaban J connectivity index is 1.55. The minimum Gasteiger partial charge on any atom is -0.494 e. The Morgan fingerprint density at radius 3 is 2.14 bits per heavy atom. The minimum atomic E-state index is -4.28. The highest BCUT2D eigenvalue weighted by Crippen LogP contribution is 2.45. The average Bonchev–Trinajstić information content (AvgIpc) is 2.89. The van der Waals surface area contributed by atoms with E-state index in [1.54, 1.807) is 37.3 Å². The van der Waals surface area contributed by atoms with E-state index in [1.807, 2.05) is 36.4 Å². The Labute approximate surface area is 219 Å². The second-order valence-corrected chi connectivity index (χ2v) is 10.0. The van der Waals surface area contributed by atoms with Crippen LogP contribution in [0.2, 0.25) is 0 Å². The fraction of sp³-hybridized carbons (Fsp3) is 0.345. The van der Waals surface area contributed by atoms with Crippen LogP contribution in [0.5, 0.6) is 11.5 Å². The van der Waals surface area contributed by atoms with Crippen molar-refractivity contribution in [1.29, 1.82) is 0 Å². The lowest BCUT2D eigenvalue weighted by Crippen LogP contribution is -2.12. The van der Waals surface area contributed by atoms with E-state index in [-0.39, 0.29) is 24.0 Å². The molecule has 7 nitrogen and oxygen atoms in total. The van der Waals surface area contributed by atoms with Crippen LogP contribution >= 0.6 is 7.82 Å². The van der Waals surface area contributed by atoms with Crippen molar-refractivity contribution in [3.63, 3.8) is 0 Å². The SMILES string of the molecule is CCCCCCCCOc1ccc(-c2ccc(C(=O)Nc3ccccc3OP(=O)(O)OCC)cc2)cc1. The van der Waals surface area contributed by atoms with Crippen molar-refractivity contribution in [1.82, 2.24) is 0 Å². The number of ether oxygens (including phenoxy) is 1. The lowest BCUT2D eigenvalue weighted by atomic mass is 10.0. The van der Waals surface area contributed by atoms with E-state index in [9.17, 15) is 14.3 Å². The zero-order valence-electron chi connectivity index (χ0n) is 21.5. The first-order valence-corrected chi connectivity index (χ1v) is 14.3. The number of unbranched alkanes of at least 4 members (excludes halogenated alkanes) is 5. The predicted molar refractivity (Wildman–Crippen MR) is 147 cm³/mol. The summed E-state index contributed by atoms with van der Waals surface area (Å²) in [7, 11) is -4.28. The molecule has 0 saturated carbocycles. The molecule has 0 spiro atoms. The van der Waals surface area contributed by atoms with Crippen LogP contribution in [0, 0.1) is 0 Å². The summed E-state index contributed by atoms with van der Waals surface area (Å²) in [6.45, 7) is 4.55. The molecule has 0 aromatic heterocycles. The van der Waals surface area contributed by atoms with Gasteiger partial charge >= 0.3 is 7.82 Å². The first-order chi connectivity index (χ1) is 17.9. The van der Waals surface area contributed by atoms with Crippen LogP contribution in [0.3, 0.4) is 0 Å². The van der Waals surface area contributed by atoms with Crippen molar-refractivity contribution in [2.45, 2.75) is 52.4 Å². The Bertz CT molecular complexity index is 1160. The van der Waals surface area contributed by atoms with Gasteiger partial charge in [0.15, 0.2) is 5.75 Å². The number of carbonyl (C=O) groups excluding carboxylic acids is 1. The normalized spacial score (nSPS) is 12.5. The average molecular weight is 526 g/mol. The summed E-state index contributed by atoms with van der Waals surface area (Å²) < 4.78 is 27.7. The number of nitrogens with one attached hydrogen (secondary N) is 1. The molecule has 0 radical (unpaired) electrons. The van der Waals surface area contributed by atoms with Crippen molar-refractivity contribution in [2.75, 3.05) is 18.5 Å². The van der Waals surface area contributed by atoms with Gasteiger partial charge in [0.1, 0.15) is 5.75 Å². The fourth-order valence-corrected chi connectivity index (χ4v) is 4.57. The Morgan fingerprint density at radius 2 is 1.46 bits per heavy atom. The van der Waals surface area contributed by atoms with Crippen molar-refractivity contribution in [2.24, 2.45) is 0 Å². The number of para-hydroxylation sites is 2. The van der Waals surface area contributed by atoms with Gasteiger partial charge in [0.25, 0.3) is 5.91 Å². The zero-order chi connectivity index (χ0) is 26.5. The molecular formula is C29H36NO6P. The molecule has 0 aliphatic rings. The number of rotatable bonds is 15. The number of hydrogen-bond donors (Lipinski definition) is 2. The van der Waals surface area contributed by atoms with Gasteiger partial charge in [0.05, 0.1) is 18.9 Å². The molecule has 1 amide bonds. The molecule has 37 heavy (non-hydrogen) atoms. The molecule has 0 bridgehead atoms. The summed E-state index contributed by atoms with van der Waals surface area (Å²) in [5.41, 5.74) is 2.70. The molecule has 3 aromatic carbocycles. The number of carbonyl (C=O) groups is 1. The standard InChI is InChI=1S/C29H36NO6P/c1-3-5-6-7-8-11-22-34-26-20-18-24(19-21-26)23-14-16-25(17-15-23)29(31)30-27-12-9-10-13-28(27)36-37(32,33)35-4-2/h9-10,12-21H,3-8,11,22H2,1-2H3,(H,30,31)(H,32,33). The highest BCUT2D eigenvalue weighted by molar-refractivity contribution is 7.47. The van der Waals surface area contributed by atoms with E-state index in [2.05, 4.69) is 12.2 Å². The Kier molecular flexibility index (Phi) is 11.2. The van der Waals surface area contributed by atoms with Crippen molar-refractivity contribution < 1.29 is 28.0 Å². The van der Waals surface area contributed by atoms with Gasteiger partial charge in [0.2, 0.25) is 0 Å². The third-order valence-corrected chi connectivity index (χ3v) is 6.75. The maximum atomic E-state index is 12.8. The van der Waals surface area contributed by atoms with Gasteiger partial charge in [-0.25, -0.2) is 4.57 Å². The Hall–Kier alpha value is -3.12. The summed E-state index contributed by atoms with van der Waals surface area (Å²) in [6, 6.07) is 21.6. The second-order valence-electron chi connectivity index (χ2n) is 8.65. The number of benzene rings is 3. The van der Waals surface area contributed by atoms with Gasteiger partial charge in [-0.2, -0.15) is 0 Å². The van der Waals surface area contributed by atoms with Gasteiger partial charge in [-0.05, 0) is 60.9 Å². The number of anilines is 1. The molecule has 0 fully saturated rings. The summed E-state index contributed by atoms with van der Waals surface area (Å²) in [4.78, 5) is 22.6. The van der Waals surface area contributed by atoms with Crippen molar-refractivity contribution in [3.8, 4) is 22.6 Å². The fourth-order valence-electron chi connectivity index (χ4n) is 3.79. The van der Waals surface area contributed by atoms with Crippen LogP contribution in [0.4, 0.5) is 5.69 Å². The summed E-state index contributed by atoms with van der Waals surface area (Å²) in [6.07, 6.45) is 7.40. The summed E-state index contributed by atoms with van der Waals surface area (Å²) >= 11 is 0. The third-order valence-electron chi connectivity index (χ3n) is 5.74. The third kappa shape index (κ3) is 9.36. The monoisotopic (exact) mass is 525 g/mol. The van der Waals surface area contributed by atoms with Crippen LogP contribution in [0.25, 0.3) is 11.1 Å². The topological polar surface area (TPSA) is 94.1 Å². The van der Waals surface area contributed by atoms with Crippen LogP contribution in [-0.2, 0) is 9.09 Å². The van der Waals surface area contributed by atoms with E-state index in [0.717, 1.165) is 29.9 Å². The number of phosphoric ester groups is 1. The lowest BCUT2D eigenvalue weighted by molar-refractivity contribution is 0.102. The van der Waals surface area contributed by atoms with Crippen LogP contribution < -0.4 is 14.6 Å². The molecule has 0 aliphatic heterocycles. The van der Waals surface area contributed by atoms with Gasteiger partial charge in [0, 0.05) is 5.56 Å². The van der Waals surface area contributed by atoms with Crippen LogP contribution in [0.15, 0.2) is 72.8 Å². The first-order valence-electron chi connectivity index (χ1n) is 12.8. The molecular weight excluding hydrogens is 489 g/mol. The van der Waals surface area contributed by atoms with Gasteiger partial charge < -0.3 is 14.6 Å². The number of phosphoric acid groups is 1. The van der Waals surface area contributed by atoms with Crippen LogP contribution in [0.1, 0.15) is 62.7 Å². The minimum absolute atomic E-state index is 0.0175. The van der Waals surface area contributed by atoms with Gasteiger partial charge in [-0.3, -0.25) is 14.2 Å². The number of hydrogen-bond acceptors (Lipinski definition) is 5. The highest BCUT2D eigenvalue weighted by Gasteiger charge is 2.24. The maximum Gasteiger partial charge on any atom is 0.527 e. The van der Waals surface area contributed by atoms with Crippen molar-refractivity contribution in [3.05, 3.63) is 78.4 Å². The van der Waals surface area contributed by atoms with E-state index < -0.39 is 7.82 Å². The van der Waals surface area contributed by atoms with Crippen molar-refractivity contribution >= 4 is 19.4 Å². The molecule has 198 valence electrons. The molecule has 0 heterocycles. The summed E-state index contributed by atoms with van der Waals surface area (Å²) in [5.74, 6) is 0.529. The molecule has 8 heteroatoms.